The summed E-state index contributed by atoms with van der Waals surface area (Å²) in [6.07, 6.45) is 0. The van der Waals surface area contributed by atoms with Gasteiger partial charge in [0.05, 0.1) is 16.1 Å². The maximum Gasteiger partial charge on any atom is 0.338 e. The van der Waals surface area contributed by atoms with Gasteiger partial charge in [-0.25, -0.2) is 17.6 Å². The third kappa shape index (κ3) is 4.63. The normalized spacial score (nSPS) is 11.1. The van der Waals surface area contributed by atoms with Crippen LogP contribution in [0.15, 0.2) is 77.7 Å². The number of aryl methyl sites for hydroxylation is 1. The third-order valence-corrected chi connectivity index (χ3v) is 6.22. The average molecular weight is 413 g/mol. The predicted molar refractivity (Wildman–Crippen MR) is 109 cm³/mol. The molecule has 0 saturated carbocycles. The molecule has 0 saturated heterocycles. The Morgan fingerprint density at radius 3 is 2.38 bits per heavy atom. The first kappa shape index (κ1) is 20.5. The Kier molecular flexibility index (Phi) is 5.98. The van der Waals surface area contributed by atoms with Gasteiger partial charge in [0.15, 0.2) is 0 Å². The summed E-state index contributed by atoms with van der Waals surface area (Å²) < 4.78 is 45.8. The fraction of sp³-hybridized carbons (Fsp3) is 0.136. The summed E-state index contributed by atoms with van der Waals surface area (Å²) in [4.78, 5) is 12.3. The molecule has 3 rings (SSSR count). The number of hydrogen-bond acceptors (Lipinski definition) is 4. The van der Waals surface area contributed by atoms with Crippen molar-refractivity contribution in [3.8, 4) is 0 Å². The van der Waals surface area contributed by atoms with E-state index in [1.54, 1.807) is 24.3 Å². The van der Waals surface area contributed by atoms with Crippen molar-refractivity contribution in [1.82, 2.24) is 0 Å². The number of hydrogen-bond donors (Lipinski definition) is 0. The van der Waals surface area contributed by atoms with Crippen LogP contribution in [-0.2, 0) is 21.4 Å². The van der Waals surface area contributed by atoms with Crippen LogP contribution in [0.4, 0.5) is 10.1 Å². The van der Waals surface area contributed by atoms with Crippen molar-refractivity contribution in [2.75, 3.05) is 11.4 Å². The van der Waals surface area contributed by atoms with Gasteiger partial charge in [0.25, 0.3) is 10.0 Å². The minimum absolute atomic E-state index is 0.0408. The predicted octanol–water partition coefficient (Wildman–Crippen LogP) is 4.32. The molecule has 7 heteroatoms. The van der Waals surface area contributed by atoms with Gasteiger partial charge in [-0.1, -0.05) is 42.0 Å². The Balaban J connectivity index is 1.80. The number of rotatable bonds is 6. The van der Waals surface area contributed by atoms with Crippen LogP contribution in [0, 0.1) is 12.7 Å². The first-order valence-electron chi connectivity index (χ1n) is 8.85. The van der Waals surface area contributed by atoms with Gasteiger partial charge in [-0.15, -0.1) is 0 Å². The molecule has 150 valence electrons. The van der Waals surface area contributed by atoms with Gasteiger partial charge in [0, 0.05) is 12.6 Å². The third-order valence-electron chi connectivity index (χ3n) is 4.44. The van der Waals surface area contributed by atoms with Gasteiger partial charge >= 0.3 is 5.97 Å². The Morgan fingerprint density at radius 1 is 1.00 bits per heavy atom. The Bertz CT molecular complexity index is 1130. The lowest BCUT2D eigenvalue weighted by Crippen LogP contribution is -2.26. The smallest absolute Gasteiger partial charge is 0.338 e. The second-order valence-corrected chi connectivity index (χ2v) is 8.47. The van der Waals surface area contributed by atoms with Crippen molar-refractivity contribution in [2.45, 2.75) is 18.4 Å². The van der Waals surface area contributed by atoms with Crippen LogP contribution in [0.25, 0.3) is 0 Å². The maximum absolute atomic E-state index is 13.7. The van der Waals surface area contributed by atoms with Gasteiger partial charge in [-0.05, 0) is 43.3 Å². The number of halogens is 1. The molecule has 0 aliphatic heterocycles. The highest BCUT2D eigenvalue weighted by atomic mass is 32.2. The molecule has 0 aliphatic carbocycles. The van der Waals surface area contributed by atoms with E-state index in [0.29, 0.717) is 5.69 Å². The van der Waals surface area contributed by atoms with E-state index in [0.717, 1.165) is 9.87 Å². The van der Waals surface area contributed by atoms with E-state index in [-0.39, 0.29) is 22.6 Å². The molecule has 0 amide bonds. The molecular formula is C22H20FNO4S. The van der Waals surface area contributed by atoms with Gasteiger partial charge < -0.3 is 4.74 Å². The van der Waals surface area contributed by atoms with Crippen LogP contribution in [0.5, 0.6) is 0 Å². The molecule has 0 bridgehead atoms. The number of sulfonamides is 1. The molecule has 3 aromatic rings. The molecule has 0 unspecified atom stereocenters. The van der Waals surface area contributed by atoms with Crippen molar-refractivity contribution in [3.05, 3.63) is 95.3 Å². The van der Waals surface area contributed by atoms with Gasteiger partial charge in [-0.2, -0.15) is 0 Å². The van der Waals surface area contributed by atoms with E-state index in [9.17, 15) is 17.6 Å². The van der Waals surface area contributed by atoms with Crippen LogP contribution in [-0.4, -0.2) is 21.4 Å². The van der Waals surface area contributed by atoms with Crippen LogP contribution in [0.3, 0.4) is 0 Å². The van der Waals surface area contributed by atoms with Crippen LogP contribution in [0.2, 0.25) is 0 Å². The number of esters is 1. The lowest BCUT2D eigenvalue weighted by atomic mass is 10.2. The van der Waals surface area contributed by atoms with Crippen molar-refractivity contribution < 1.29 is 22.3 Å². The monoisotopic (exact) mass is 413 g/mol. The van der Waals surface area contributed by atoms with E-state index >= 15 is 0 Å². The number of ether oxygens (including phenoxy) is 1. The second-order valence-electron chi connectivity index (χ2n) is 6.50. The van der Waals surface area contributed by atoms with E-state index in [1.165, 1.54) is 43.4 Å². The second kappa shape index (κ2) is 8.45. The van der Waals surface area contributed by atoms with Crippen molar-refractivity contribution in [2.24, 2.45) is 0 Å². The molecule has 0 spiro atoms. The molecule has 3 aromatic carbocycles. The van der Waals surface area contributed by atoms with Crippen molar-refractivity contribution in [1.29, 1.82) is 0 Å². The molecule has 0 fully saturated rings. The minimum atomic E-state index is -3.87. The van der Waals surface area contributed by atoms with Crippen molar-refractivity contribution >= 4 is 21.7 Å². The lowest BCUT2D eigenvalue weighted by Gasteiger charge is -2.20. The zero-order valence-electron chi connectivity index (χ0n) is 16.0. The topological polar surface area (TPSA) is 63.7 Å². The zero-order valence-corrected chi connectivity index (χ0v) is 16.8. The molecule has 29 heavy (non-hydrogen) atoms. The first-order valence-corrected chi connectivity index (χ1v) is 10.3. The summed E-state index contributed by atoms with van der Waals surface area (Å²) in [5.41, 5.74) is 1.82. The highest BCUT2D eigenvalue weighted by Crippen LogP contribution is 2.23. The molecule has 0 aliphatic rings. The van der Waals surface area contributed by atoms with E-state index in [2.05, 4.69) is 0 Å². The van der Waals surface area contributed by atoms with Gasteiger partial charge in [0.2, 0.25) is 0 Å². The quantitative estimate of drug-likeness (QED) is 0.565. The van der Waals surface area contributed by atoms with Gasteiger partial charge in [-0.3, -0.25) is 4.31 Å². The largest absolute Gasteiger partial charge is 0.457 e. The standard InChI is InChI=1S/C22H20FNO4S/c1-16-10-12-19(13-11-16)24(2)29(26,27)20-8-5-7-17(14-20)22(25)28-15-18-6-3-4-9-21(18)23/h3-14H,15H2,1-2H3. The Morgan fingerprint density at radius 2 is 1.69 bits per heavy atom. The van der Waals surface area contributed by atoms with E-state index in [1.807, 2.05) is 19.1 Å². The number of nitrogens with zero attached hydrogens (tertiary/aromatic N) is 1. The summed E-state index contributed by atoms with van der Waals surface area (Å²) in [6, 6.07) is 18.6. The summed E-state index contributed by atoms with van der Waals surface area (Å²) in [5, 5.41) is 0. The Labute approximate surface area is 169 Å². The first-order chi connectivity index (χ1) is 13.8. The van der Waals surface area contributed by atoms with E-state index in [4.69, 9.17) is 4.74 Å². The molecule has 0 heterocycles. The SMILES string of the molecule is Cc1ccc(N(C)S(=O)(=O)c2cccc(C(=O)OCc3ccccc3F)c2)cc1. The highest BCUT2D eigenvalue weighted by Gasteiger charge is 2.22. The fourth-order valence-electron chi connectivity index (χ4n) is 2.68. The summed E-state index contributed by atoms with van der Waals surface area (Å²) in [5.74, 6) is -1.21. The number of carbonyl (C=O) groups excluding carboxylic acids is 1. The minimum Gasteiger partial charge on any atom is -0.457 e. The lowest BCUT2D eigenvalue weighted by molar-refractivity contribution is 0.0468. The zero-order chi connectivity index (χ0) is 21.0. The van der Waals surface area contributed by atoms with Crippen molar-refractivity contribution in [3.63, 3.8) is 0 Å². The molecule has 0 N–H and O–H groups in total. The number of anilines is 1. The highest BCUT2D eigenvalue weighted by molar-refractivity contribution is 7.92. The summed E-state index contributed by atoms with van der Waals surface area (Å²) >= 11 is 0. The molecule has 0 atom stereocenters. The summed E-state index contributed by atoms with van der Waals surface area (Å²) in [7, 11) is -2.42. The number of benzene rings is 3. The molecule has 0 aromatic heterocycles. The molecule has 0 radical (unpaired) electrons. The van der Waals surface area contributed by atoms with Gasteiger partial charge in [0.1, 0.15) is 12.4 Å². The van der Waals surface area contributed by atoms with E-state index < -0.39 is 21.8 Å². The Hall–Kier alpha value is -3.19. The van der Waals surface area contributed by atoms with Crippen LogP contribution < -0.4 is 4.31 Å². The van der Waals surface area contributed by atoms with Crippen LogP contribution >= 0.6 is 0 Å². The average Bonchev–Trinajstić information content (AvgIpc) is 2.73. The molecular weight excluding hydrogens is 393 g/mol. The summed E-state index contributed by atoms with van der Waals surface area (Å²) in [6.45, 7) is 1.67. The van der Waals surface area contributed by atoms with Crippen LogP contribution in [0.1, 0.15) is 21.5 Å². The fourth-order valence-corrected chi connectivity index (χ4v) is 3.92. The molecule has 5 nitrogen and oxygen atoms in total. The maximum atomic E-state index is 13.7. The number of carbonyl (C=O) groups is 1.